The fourth-order valence-electron chi connectivity index (χ4n) is 5.41. The summed E-state index contributed by atoms with van der Waals surface area (Å²) in [5.74, 6) is 0.296. The Balaban J connectivity index is 0.00000506. The molecule has 0 aromatic heterocycles. The van der Waals surface area contributed by atoms with Gasteiger partial charge in [0.15, 0.2) is 0 Å². The highest BCUT2D eigenvalue weighted by atomic mass is 35.5. The normalized spacial score (nSPS) is 15.4. The Morgan fingerprint density at radius 2 is 1.70 bits per heavy atom. The zero-order valence-electron chi connectivity index (χ0n) is 25.7. The summed E-state index contributed by atoms with van der Waals surface area (Å²) in [5, 5.41) is 11.6. The highest BCUT2D eigenvalue weighted by Gasteiger charge is 2.39. The molecular weight excluding hydrogens is 564 g/mol. The van der Waals surface area contributed by atoms with Gasteiger partial charge >= 0.3 is 0 Å². The molecule has 43 heavy (non-hydrogen) atoms. The van der Waals surface area contributed by atoms with Crippen molar-refractivity contribution in [1.82, 2.24) is 20.9 Å². The summed E-state index contributed by atoms with van der Waals surface area (Å²) in [6, 6.07) is 20.7. The second kappa shape index (κ2) is 15.7. The average molecular weight is 609 g/mol. The number of methoxy groups -OCH3 is 1. The van der Waals surface area contributed by atoms with E-state index in [1.165, 1.54) is 0 Å². The van der Waals surface area contributed by atoms with E-state index in [-0.39, 0.29) is 30.1 Å². The topological polar surface area (TPSA) is 99.8 Å². The summed E-state index contributed by atoms with van der Waals surface area (Å²) >= 11 is 0. The van der Waals surface area contributed by atoms with Crippen molar-refractivity contribution >= 4 is 40.9 Å². The first-order valence-corrected chi connectivity index (χ1v) is 14.9. The molecule has 2 atom stereocenters. The number of nitrogens with zero attached hydrogens (tertiary/aromatic N) is 1. The van der Waals surface area contributed by atoms with Gasteiger partial charge < -0.3 is 25.6 Å². The Hall–Kier alpha value is -3.62. The maximum Gasteiger partial charge on any atom is 0.243 e. The number of nitrogens with one attached hydrogen (secondary N) is 3. The predicted octanol–water partition coefficient (Wildman–Crippen LogP) is 4.63. The highest BCUT2D eigenvalue weighted by Crippen LogP contribution is 2.26. The van der Waals surface area contributed by atoms with Crippen LogP contribution in [0.1, 0.15) is 51.2 Å². The lowest BCUT2D eigenvalue weighted by atomic mass is 9.94. The van der Waals surface area contributed by atoms with E-state index in [0.29, 0.717) is 39.0 Å². The Bertz CT molecular complexity index is 1390. The maximum absolute atomic E-state index is 13.5. The van der Waals surface area contributed by atoms with E-state index in [1.807, 2.05) is 81.4 Å². The van der Waals surface area contributed by atoms with Crippen LogP contribution in [0.5, 0.6) is 5.75 Å². The molecule has 3 aromatic rings. The van der Waals surface area contributed by atoms with Gasteiger partial charge in [0.25, 0.3) is 0 Å². The molecule has 0 saturated carbocycles. The molecule has 1 fully saturated rings. The molecule has 0 radical (unpaired) electrons. The summed E-state index contributed by atoms with van der Waals surface area (Å²) in [6.45, 7) is 8.00. The molecule has 1 unspecified atom stereocenters. The van der Waals surface area contributed by atoms with Crippen LogP contribution < -0.4 is 20.7 Å². The molecule has 0 spiro atoms. The minimum Gasteiger partial charge on any atom is -0.496 e. The van der Waals surface area contributed by atoms with Gasteiger partial charge in [0.05, 0.1) is 7.11 Å². The molecule has 1 aliphatic rings. The second-order valence-corrected chi connectivity index (χ2v) is 12.0. The van der Waals surface area contributed by atoms with Gasteiger partial charge in [0.2, 0.25) is 17.7 Å². The number of carbonyl (C=O) groups is 3. The molecule has 4 rings (SSSR count). The number of ether oxygens (including phenoxy) is 1. The molecule has 3 aromatic carbocycles. The number of fused-ring (bicyclic) bond motifs is 1. The van der Waals surface area contributed by atoms with E-state index in [1.54, 1.807) is 12.0 Å². The summed E-state index contributed by atoms with van der Waals surface area (Å²) in [4.78, 5) is 41.6. The molecule has 0 aliphatic carbocycles. The molecular formula is C34H45ClN4O4. The van der Waals surface area contributed by atoms with Gasteiger partial charge in [-0.3, -0.25) is 14.4 Å². The van der Waals surface area contributed by atoms with Gasteiger partial charge in [0.1, 0.15) is 17.8 Å². The quantitative estimate of drug-likeness (QED) is 0.260. The van der Waals surface area contributed by atoms with Crippen LogP contribution >= 0.6 is 12.4 Å². The standard InChI is InChI=1S/C34H44N4O4.ClH/c1-34(2,3)33(41)38-20-9-14-29(38)32(40)37-28(22-24-16-17-25-11-5-6-12-26(25)21-24)31(39)36-19-10-18-35-23-27-13-7-8-15-30(27)42-4;/h5-8,11-13,15-17,21,28-29,35H,9-10,14,18-20,22-23H2,1-4H3,(H,36,39)(H,37,40);1H/t28-,29?;/m1./s1. The SMILES string of the molecule is COc1ccccc1CNCCCNC(=O)[C@@H](Cc1ccc2ccccc2c1)NC(=O)C1CCCN1C(=O)C(C)(C)C.Cl. The van der Waals surface area contributed by atoms with Crippen LogP contribution in [0.4, 0.5) is 0 Å². The molecule has 232 valence electrons. The lowest BCUT2D eigenvalue weighted by Gasteiger charge is -2.31. The summed E-state index contributed by atoms with van der Waals surface area (Å²) < 4.78 is 5.41. The van der Waals surface area contributed by atoms with Crippen LogP contribution in [-0.4, -0.2) is 61.4 Å². The van der Waals surface area contributed by atoms with E-state index in [9.17, 15) is 14.4 Å². The number of carbonyl (C=O) groups excluding carboxylic acids is 3. The van der Waals surface area contributed by atoms with Crippen molar-refractivity contribution in [2.24, 2.45) is 5.41 Å². The van der Waals surface area contributed by atoms with E-state index in [2.05, 4.69) is 22.0 Å². The molecule has 1 heterocycles. The Labute approximate surface area is 261 Å². The number of hydrogen-bond donors (Lipinski definition) is 3. The first-order valence-electron chi connectivity index (χ1n) is 14.9. The van der Waals surface area contributed by atoms with Crippen LogP contribution in [0.25, 0.3) is 10.8 Å². The molecule has 9 heteroatoms. The number of halogens is 1. The molecule has 3 N–H and O–H groups in total. The minimum absolute atomic E-state index is 0. The number of para-hydroxylation sites is 1. The van der Waals surface area contributed by atoms with E-state index in [0.717, 1.165) is 40.5 Å². The fourth-order valence-corrected chi connectivity index (χ4v) is 5.41. The van der Waals surface area contributed by atoms with Crippen molar-refractivity contribution in [2.75, 3.05) is 26.7 Å². The Morgan fingerprint density at radius 1 is 0.977 bits per heavy atom. The molecule has 0 bridgehead atoms. The summed E-state index contributed by atoms with van der Waals surface area (Å²) in [6.07, 6.45) is 2.45. The number of rotatable bonds is 12. The van der Waals surface area contributed by atoms with Crippen molar-refractivity contribution in [2.45, 2.75) is 65.1 Å². The smallest absolute Gasteiger partial charge is 0.243 e. The third-order valence-electron chi connectivity index (χ3n) is 7.68. The zero-order chi connectivity index (χ0) is 30.1. The van der Waals surface area contributed by atoms with E-state index < -0.39 is 17.5 Å². The number of hydrogen-bond acceptors (Lipinski definition) is 5. The summed E-state index contributed by atoms with van der Waals surface area (Å²) in [5.41, 5.74) is 1.46. The minimum atomic E-state index is -0.757. The van der Waals surface area contributed by atoms with Gasteiger partial charge in [0, 0.05) is 37.0 Å². The Morgan fingerprint density at radius 3 is 2.44 bits per heavy atom. The monoisotopic (exact) mass is 608 g/mol. The lowest BCUT2D eigenvalue weighted by molar-refractivity contribution is -0.145. The van der Waals surface area contributed by atoms with Crippen LogP contribution in [0.3, 0.4) is 0 Å². The molecule has 1 aliphatic heterocycles. The van der Waals surface area contributed by atoms with Crippen LogP contribution in [0.15, 0.2) is 66.7 Å². The van der Waals surface area contributed by atoms with Crippen molar-refractivity contribution in [3.8, 4) is 5.75 Å². The molecule has 3 amide bonds. The third-order valence-corrected chi connectivity index (χ3v) is 7.68. The highest BCUT2D eigenvalue weighted by molar-refractivity contribution is 5.93. The van der Waals surface area contributed by atoms with Gasteiger partial charge in [-0.1, -0.05) is 81.4 Å². The van der Waals surface area contributed by atoms with Gasteiger partial charge in [-0.25, -0.2) is 0 Å². The molecule has 1 saturated heterocycles. The maximum atomic E-state index is 13.5. The van der Waals surface area contributed by atoms with E-state index in [4.69, 9.17) is 4.74 Å². The average Bonchev–Trinajstić information content (AvgIpc) is 3.47. The van der Waals surface area contributed by atoms with Gasteiger partial charge in [-0.15, -0.1) is 12.4 Å². The number of benzene rings is 3. The molecule has 8 nitrogen and oxygen atoms in total. The van der Waals surface area contributed by atoms with Crippen molar-refractivity contribution in [3.63, 3.8) is 0 Å². The van der Waals surface area contributed by atoms with Crippen LogP contribution in [-0.2, 0) is 27.3 Å². The second-order valence-electron chi connectivity index (χ2n) is 12.0. The first kappa shape index (κ1) is 33.9. The fraction of sp³-hybridized carbons (Fsp3) is 0.441. The Kier molecular flexibility index (Phi) is 12.4. The van der Waals surface area contributed by atoms with Gasteiger partial charge in [-0.05, 0) is 48.2 Å². The van der Waals surface area contributed by atoms with Gasteiger partial charge in [-0.2, -0.15) is 0 Å². The van der Waals surface area contributed by atoms with Crippen molar-refractivity contribution < 1.29 is 19.1 Å². The lowest BCUT2D eigenvalue weighted by Crippen LogP contribution is -2.55. The number of amides is 3. The predicted molar refractivity (Wildman–Crippen MR) is 173 cm³/mol. The zero-order valence-corrected chi connectivity index (χ0v) is 26.5. The van der Waals surface area contributed by atoms with Crippen LogP contribution in [0.2, 0.25) is 0 Å². The number of likely N-dealkylation sites (tertiary alicyclic amines) is 1. The third kappa shape index (κ3) is 9.18. The largest absolute Gasteiger partial charge is 0.496 e. The van der Waals surface area contributed by atoms with Crippen molar-refractivity contribution in [1.29, 1.82) is 0 Å². The first-order chi connectivity index (χ1) is 20.2. The van der Waals surface area contributed by atoms with E-state index >= 15 is 0 Å². The van der Waals surface area contributed by atoms with Crippen LogP contribution in [0, 0.1) is 5.41 Å². The summed E-state index contributed by atoms with van der Waals surface area (Å²) in [7, 11) is 1.66. The van der Waals surface area contributed by atoms with Crippen molar-refractivity contribution in [3.05, 3.63) is 77.9 Å².